The lowest BCUT2D eigenvalue weighted by atomic mass is 10.0. The number of rotatable bonds is 4. The molecule has 14 heavy (non-hydrogen) atoms. The molecule has 1 rings (SSSR count). The summed E-state index contributed by atoms with van der Waals surface area (Å²) in [6.45, 7) is 2.02. The lowest BCUT2D eigenvalue weighted by Crippen LogP contribution is -1.98. The lowest BCUT2D eigenvalue weighted by molar-refractivity contribution is 0.149. The van der Waals surface area contributed by atoms with E-state index in [4.69, 9.17) is 0 Å². The zero-order valence-corrected chi connectivity index (χ0v) is 8.21. The molecule has 0 aliphatic heterocycles. The van der Waals surface area contributed by atoms with Crippen molar-refractivity contribution in [2.75, 3.05) is 0 Å². The fraction of sp³-hybridized carbons (Fsp3) is 0.333. The van der Waals surface area contributed by atoms with E-state index in [2.05, 4.69) is 0 Å². The Morgan fingerprint density at radius 3 is 2.64 bits per heavy atom. The first-order chi connectivity index (χ1) is 6.74. The van der Waals surface area contributed by atoms with Gasteiger partial charge in [0.2, 0.25) is 6.43 Å². The van der Waals surface area contributed by atoms with Gasteiger partial charge in [0, 0.05) is 6.42 Å². The van der Waals surface area contributed by atoms with Crippen molar-refractivity contribution in [3.8, 4) is 0 Å². The third kappa shape index (κ3) is 3.29. The SMILES string of the molecule is CC/C=C/c1ccccc1CC(F)F. The first kappa shape index (κ1) is 10.9. The third-order valence-electron chi connectivity index (χ3n) is 1.96. The van der Waals surface area contributed by atoms with Crippen molar-refractivity contribution in [3.05, 3.63) is 41.5 Å². The molecular weight excluding hydrogens is 182 g/mol. The molecule has 0 saturated heterocycles. The molecule has 1 aromatic carbocycles. The molecule has 2 heteroatoms. The third-order valence-corrected chi connectivity index (χ3v) is 1.96. The van der Waals surface area contributed by atoms with Gasteiger partial charge in [-0.1, -0.05) is 43.3 Å². The minimum Gasteiger partial charge on any atom is -0.210 e. The van der Waals surface area contributed by atoms with Gasteiger partial charge in [-0.05, 0) is 17.5 Å². The van der Waals surface area contributed by atoms with Gasteiger partial charge in [0.25, 0.3) is 0 Å². The van der Waals surface area contributed by atoms with E-state index >= 15 is 0 Å². The molecule has 0 nitrogen and oxygen atoms in total. The smallest absolute Gasteiger partial charge is 0.210 e. The summed E-state index contributed by atoms with van der Waals surface area (Å²) in [7, 11) is 0. The molecule has 0 bridgehead atoms. The van der Waals surface area contributed by atoms with Crippen LogP contribution in [0.1, 0.15) is 24.5 Å². The van der Waals surface area contributed by atoms with E-state index in [0.717, 1.165) is 12.0 Å². The highest BCUT2D eigenvalue weighted by Crippen LogP contribution is 2.14. The van der Waals surface area contributed by atoms with Crippen LogP contribution < -0.4 is 0 Å². The Kier molecular flexibility index (Phi) is 4.30. The van der Waals surface area contributed by atoms with Gasteiger partial charge in [0.15, 0.2) is 0 Å². The lowest BCUT2D eigenvalue weighted by Gasteiger charge is -2.04. The van der Waals surface area contributed by atoms with E-state index in [0.29, 0.717) is 5.56 Å². The number of halogens is 2. The van der Waals surface area contributed by atoms with Crippen molar-refractivity contribution in [1.29, 1.82) is 0 Å². The Morgan fingerprint density at radius 2 is 2.00 bits per heavy atom. The molecule has 0 amide bonds. The minimum atomic E-state index is -2.27. The Bertz CT molecular complexity index is 303. The van der Waals surface area contributed by atoms with Crippen LogP contribution in [0.4, 0.5) is 8.78 Å². The van der Waals surface area contributed by atoms with Crippen molar-refractivity contribution in [3.63, 3.8) is 0 Å². The summed E-state index contributed by atoms with van der Waals surface area (Å²) < 4.78 is 24.4. The maximum Gasteiger partial charge on any atom is 0.242 e. The standard InChI is InChI=1S/C12H14F2/c1-2-3-6-10-7-4-5-8-11(10)9-12(13)14/h3-8,12H,2,9H2,1H3/b6-3+. The Morgan fingerprint density at radius 1 is 1.29 bits per heavy atom. The van der Waals surface area contributed by atoms with Crippen LogP contribution in [0.3, 0.4) is 0 Å². The molecule has 76 valence electrons. The maximum atomic E-state index is 12.2. The van der Waals surface area contributed by atoms with Crippen molar-refractivity contribution in [2.24, 2.45) is 0 Å². The zero-order chi connectivity index (χ0) is 10.4. The molecule has 0 atom stereocenters. The highest BCUT2D eigenvalue weighted by Gasteiger charge is 2.06. The first-order valence-corrected chi connectivity index (χ1v) is 4.76. The van der Waals surface area contributed by atoms with E-state index in [1.54, 1.807) is 12.1 Å². The predicted molar refractivity (Wildman–Crippen MR) is 55.5 cm³/mol. The predicted octanol–water partition coefficient (Wildman–Crippen LogP) is 3.92. The van der Waals surface area contributed by atoms with Crippen LogP contribution in [0, 0.1) is 0 Å². The zero-order valence-electron chi connectivity index (χ0n) is 8.21. The van der Waals surface area contributed by atoms with Crippen LogP contribution in [-0.2, 0) is 6.42 Å². The number of benzene rings is 1. The number of hydrogen-bond acceptors (Lipinski definition) is 0. The molecule has 0 fully saturated rings. The Labute approximate surface area is 83.3 Å². The van der Waals surface area contributed by atoms with E-state index in [9.17, 15) is 8.78 Å². The van der Waals surface area contributed by atoms with E-state index in [1.165, 1.54) is 0 Å². The van der Waals surface area contributed by atoms with Gasteiger partial charge in [0.05, 0.1) is 0 Å². The molecule has 0 heterocycles. The van der Waals surface area contributed by atoms with Crippen LogP contribution in [0.25, 0.3) is 6.08 Å². The molecule has 0 aromatic heterocycles. The van der Waals surface area contributed by atoms with E-state index in [-0.39, 0.29) is 6.42 Å². The second-order valence-corrected chi connectivity index (χ2v) is 3.10. The first-order valence-electron chi connectivity index (χ1n) is 4.76. The molecule has 0 aliphatic carbocycles. The van der Waals surface area contributed by atoms with Crippen LogP contribution in [0.2, 0.25) is 0 Å². The van der Waals surface area contributed by atoms with Crippen molar-refractivity contribution >= 4 is 6.08 Å². The summed E-state index contributed by atoms with van der Waals surface area (Å²) in [4.78, 5) is 0. The molecule has 0 aliphatic rings. The molecular formula is C12H14F2. The normalized spacial score (nSPS) is 11.4. The highest BCUT2D eigenvalue weighted by atomic mass is 19.3. The summed E-state index contributed by atoms with van der Waals surface area (Å²) in [5.41, 5.74) is 1.61. The van der Waals surface area contributed by atoms with Crippen molar-refractivity contribution < 1.29 is 8.78 Å². The Hall–Kier alpha value is -1.18. The fourth-order valence-electron chi connectivity index (χ4n) is 1.29. The molecule has 0 radical (unpaired) electrons. The summed E-state index contributed by atoms with van der Waals surface area (Å²) in [6.07, 6.45) is 2.36. The van der Waals surface area contributed by atoms with Crippen molar-refractivity contribution in [2.45, 2.75) is 26.2 Å². The average Bonchev–Trinajstić information content (AvgIpc) is 2.16. The minimum absolute atomic E-state index is 0.162. The highest BCUT2D eigenvalue weighted by molar-refractivity contribution is 5.53. The monoisotopic (exact) mass is 196 g/mol. The van der Waals surface area contributed by atoms with Crippen molar-refractivity contribution in [1.82, 2.24) is 0 Å². The van der Waals surface area contributed by atoms with Crippen LogP contribution in [-0.4, -0.2) is 6.43 Å². The maximum absolute atomic E-state index is 12.2. The van der Waals surface area contributed by atoms with Crippen LogP contribution in [0.5, 0.6) is 0 Å². The topological polar surface area (TPSA) is 0 Å². The summed E-state index contributed by atoms with van der Waals surface area (Å²) in [6, 6.07) is 7.27. The summed E-state index contributed by atoms with van der Waals surface area (Å²) >= 11 is 0. The molecule has 0 unspecified atom stereocenters. The second kappa shape index (κ2) is 5.53. The summed E-state index contributed by atoms with van der Waals surface area (Å²) in [5.74, 6) is 0. The molecule has 0 spiro atoms. The van der Waals surface area contributed by atoms with Gasteiger partial charge < -0.3 is 0 Å². The van der Waals surface area contributed by atoms with Gasteiger partial charge in [-0.2, -0.15) is 0 Å². The number of allylic oxidation sites excluding steroid dienone is 1. The number of alkyl halides is 2. The van der Waals surface area contributed by atoms with Gasteiger partial charge >= 0.3 is 0 Å². The van der Waals surface area contributed by atoms with E-state index < -0.39 is 6.43 Å². The molecule has 1 aromatic rings. The molecule has 0 N–H and O–H groups in total. The molecule has 0 saturated carbocycles. The second-order valence-electron chi connectivity index (χ2n) is 3.10. The quantitative estimate of drug-likeness (QED) is 0.684. The largest absolute Gasteiger partial charge is 0.242 e. The van der Waals surface area contributed by atoms with Crippen LogP contribution >= 0.6 is 0 Å². The van der Waals surface area contributed by atoms with Gasteiger partial charge in [0.1, 0.15) is 0 Å². The summed E-state index contributed by atoms with van der Waals surface area (Å²) in [5, 5.41) is 0. The fourth-order valence-corrected chi connectivity index (χ4v) is 1.29. The average molecular weight is 196 g/mol. The number of hydrogen-bond donors (Lipinski definition) is 0. The Balaban J connectivity index is 2.85. The van der Waals surface area contributed by atoms with Gasteiger partial charge in [-0.25, -0.2) is 8.78 Å². The van der Waals surface area contributed by atoms with Crippen LogP contribution in [0.15, 0.2) is 30.3 Å². The van der Waals surface area contributed by atoms with E-state index in [1.807, 2.05) is 31.2 Å². The van der Waals surface area contributed by atoms with Gasteiger partial charge in [-0.15, -0.1) is 0 Å². The van der Waals surface area contributed by atoms with Gasteiger partial charge in [-0.3, -0.25) is 0 Å².